The van der Waals surface area contributed by atoms with E-state index in [4.69, 9.17) is 21.1 Å². The summed E-state index contributed by atoms with van der Waals surface area (Å²) in [6.45, 7) is 0.574. The SMILES string of the molecule is COC(=O)[C@@H]1Cc2ccccc2CN1CC(=O)Nc1ccc(OC)c(Cl)c1. The van der Waals surface area contributed by atoms with Gasteiger partial charge >= 0.3 is 5.97 Å². The van der Waals surface area contributed by atoms with E-state index in [0.717, 1.165) is 11.1 Å². The maximum atomic E-state index is 12.5. The predicted octanol–water partition coefficient (Wildman–Crippen LogP) is 2.89. The van der Waals surface area contributed by atoms with Crippen LogP contribution < -0.4 is 10.1 Å². The van der Waals surface area contributed by atoms with Crippen LogP contribution in [0.15, 0.2) is 42.5 Å². The number of rotatable bonds is 5. The molecule has 1 aliphatic heterocycles. The van der Waals surface area contributed by atoms with Gasteiger partial charge in [0.1, 0.15) is 11.8 Å². The van der Waals surface area contributed by atoms with Gasteiger partial charge in [-0.3, -0.25) is 14.5 Å². The van der Waals surface area contributed by atoms with Crippen LogP contribution in [0.2, 0.25) is 5.02 Å². The van der Waals surface area contributed by atoms with Gasteiger partial charge in [0.05, 0.1) is 25.8 Å². The zero-order valence-corrected chi connectivity index (χ0v) is 16.0. The highest BCUT2D eigenvalue weighted by Gasteiger charge is 2.33. The van der Waals surface area contributed by atoms with Gasteiger partial charge in [0.2, 0.25) is 5.91 Å². The third kappa shape index (κ3) is 4.40. The summed E-state index contributed by atoms with van der Waals surface area (Å²) < 4.78 is 10.0. The first kappa shape index (κ1) is 19.2. The van der Waals surface area contributed by atoms with E-state index in [-0.39, 0.29) is 18.4 Å². The molecule has 1 aliphatic rings. The summed E-state index contributed by atoms with van der Waals surface area (Å²) >= 11 is 6.10. The van der Waals surface area contributed by atoms with Gasteiger partial charge in [0.15, 0.2) is 0 Å². The molecule has 3 rings (SSSR count). The number of carbonyl (C=O) groups excluding carboxylic acids is 2. The number of methoxy groups -OCH3 is 2. The number of ether oxygens (including phenoxy) is 2. The Morgan fingerprint density at radius 3 is 2.59 bits per heavy atom. The van der Waals surface area contributed by atoms with E-state index >= 15 is 0 Å². The number of hydrogen-bond donors (Lipinski definition) is 1. The second-order valence-corrected chi connectivity index (χ2v) is 6.72. The number of anilines is 1. The average molecular weight is 389 g/mol. The van der Waals surface area contributed by atoms with Crippen LogP contribution in [0.25, 0.3) is 0 Å². The molecule has 2 aromatic rings. The van der Waals surface area contributed by atoms with Gasteiger partial charge in [-0.2, -0.15) is 0 Å². The molecule has 7 heteroatoms. The van der Waals surface area contributed by atoms with Crippen molar-refractivity contribution >= 4 is 29.2 Å². The second-order valence-electron chi connectivity index (χ2n) is 6.31. The van der Waals surface area contributed by atoms with E-state index < -0.39 is 6.04 Å². The van der Waals surface area contributed by atoms with E-state index in [9.17, 15) is 9.59 Å². The molecule has 0 fully saturated rings. The summed E-state index contributed by atoms with van der Waals surface area (Å²) in [6, 6.07) is 12.5. The lowest BCUT2D eigenvalue weighted by molar-refractivity contribution is -0.148. The number of nitrogens with zero attached hydrogens (tertiary/aromatic N) is 1. The van der Waals surface area contributed by atoms with Crippen molar-refractivity contribution in [2.24, 2.45) is 0 Å². The van der Waals surface area contributed by atoms with E-state index in [1.165, 1.54) is 14.2 Å². The molecule has 1 heterocycles. The third-order valence-electron chi connectivity index (χ3n) is 4.60. The molecular weight excluding hydrogens is 368 g/mol. The van der Waals surface area contributed by atoms with Crippen molar-refractivity contribution in [2.45, 2.75) is 19.0 Å². The molecule has 0 radical (unpaired) electrons. The number of esters is 1. The molecule has 1 amide bonds. The Balaban J connectivity index is 1.73. The van der Waals surface area contributed by atoms with Crippen molar-refractivity contribution in [2.75, 3.05) is 26.1 Å². The van der Waals surface area contributed by atoms with Gasteiger partial charge in [-0.05, 0) is 35.7 Å². The van der Waals surface area contributed by atoms with Crippen molar-refractivity contribution in [3.8, 4) is 5.75 Å². The number of nitrogens with one attached hydrogen (secondary N) is 1. The highest BCUT2D eigenvalue weighted by Crippen LogP contribution is 2.27. The fourth-order valence-corrected chi connectivity index (χ4v) is 3.50. The molecule has 6 nitrogen and oxygen atoms in total. The van der Waals surface area contributed by atoms with Crippen molar-refractivity contribution in [3.63, 3.8) is 0 Å². The molecule has 0 saturated heterocycles. The molecule has 0 unspecified atom stereocenters. The minimum absolute atomic E-state index is 0.0672. The summed E-state index contributed by atoms with van der Waals surface area (Å²) in [6.07, 6.45) is 0.518. The fraction of sp³-hybridized carbons (Fsp3) is 0.300. The largest absolute Gasteiger partial charge is 0.495 e. The van der Waals surface area contributed by atoms with E-state index in [1.807, 2.05) is 29.2 Å². The lowest BCUT2D eigenvalue weighted by Gasteiger charge is -2.34. The molecule has 0 bridgehead atoms. The highest BCUT2D eigenvalue weighted by molar-refractivity contribution is 6.32. The molecule has 0 aromatic heterocycles. The number of fused-ring (bicyclic) bond motifs is 1. The van der Waals surface area contributed by atoms with Crippen LogP contribution >= 0.6 is 11.6 Å². The molecule has 0 aliphatic carbocycles. The normalized spacial score (nSPS) is 16.3. The zero-order chi connectivity index (χ0) is 19.4. The summed E-state index contributed by atoms with van der Waals surface area (Å²) in [4.78, 5) is 26.6. The molecule has 1 N–H and O–H groups in total. The quantitative estimate of drug-likeness (QED) is 0.798. The predicted molar refractivity (Wildman–Crippen MR) is 103 cm³/mol. The van der Waals surface area contributed by atoms with Crippen LogP contribution in [0.4, 0.5) is 5.69 Å². The summed E-state index contributed by atoms with van der Waals surface area (Å²) in [5.41, 5.74) is 2.78. The average Bonchev–Trinajstić information content (AvgIpc) is 2.67. The van der Waals surface area contributed by atoms with Crippen LogP contribution in [0.5, 0.6) is 5.75 Å². The maximum absolute atomic E-state index is 12.5. The van der Waals surface area contributed by atoms with Gasteiger partial charge < -0.3 is 14.8 Å². The smallest absolute Gasteiger partial charge is 0.323 e. The third-order valence-corrected chi connectivity index (χ3v) is 4.90. The topological polar surface area (TPSA) is 67.9 Å². The molecule has 0 saturated carbocycles. The first-order chi connectivity index (χ1) is 13.0. The Bertz CT molecular complexity index is 856. The maximum Gasteiger partial charge on any atom is 0.323 e. The van der Waals surface area contributed by atoms with E-state index in [1.54, 1.807) is 18.2 Å². The minimum atomic E-state index is -0.491. The van der Waals surface area contributed by atoms with Gasteiger partial charge in [-0.1, -0.05) is 35.9 Å². The van der Waals surface area contributed by atoms with Gasteiger partial charge in [0, 0.05) is 12.2 Å². The summed E-state index contributed by atoms with van der Waals surface area (Å²) in [5, 5.41) is 3.22. The van der Waals surface area contributed by atoms with Gasteiger partial charge in [0.25, 0.3) is 0 Å². The van der Waals surface area contributed by atoms with Crippen LogP contribution in [0.3, 0.4) is 0 Å². The molecule has 0 spiro atoms. The lowest BCUT2D eigenvalue weighted by atomic mass is 9.94. The first-order valence-electron chi connectivity index (χ1n) is 8.54. The Labute approximate surface area is 163 Å². The Kier molecular flexibility index (Phi) is 5.98. The lowest BCUT2D eigenvalue weighted by Crippen LogP contribution is -2.49. The van der Waals surface area contributed by atoms with Gasteiger partial charge in [-0.15, -0.1) is 0 Å². The molecule has 2 aromatic carbocycles. The number of halogens is 1. The first-order valence-corrected chi connectivity index (χ1v) is 8.91. The Hall–Kier alpha value is -2.57. The monoisotopic (exact) mass is 388 g/mol. The van der Waals surface area contributed by atoms with E-state index in [0.29, 0.717) is 29.4 Å². The molecule has 27 heavy (non-hydrogen) atoms. The van der Waals surface area contributed by atoms with Crippen LogP contribution in [0, 0.1) is 0 Å². The summed E-state index contributed by atoms with van der Waals surface area (Å²) in [5.74, 6) is -0.0395. The number of carbonyl (C=O) groups is 2. The zero-order valence-electron chi connectivity index (χ0n) is 15.2. The molecule has 142 valence electrons. The molecular formula is C20H21ClN2O4. The Morgan fingerprint density at radius 1 is 1.19 bits per heavy atom. The fourth-order valence-electron chi connectivity index (χ4n) is 3.24. The van der Waals surface area contributed by atoms with Crippen LogP contribution in [-0.4, -0.2) is 43.6 Å². The van der Waals surface area contributed by atoms with Crippen molar-refractivity contribution in [3.05, 3.63) is 58.6 Å². The number of benzene rings is 2. The van der Waals surface area contributed by atoms with Crippen LogP contribution in [-0.2, 0) is 27.3 Å². The standard InChI is InChI=1S/C20H21ClN2O4/c1-26-18-8-7-15(10-16(18)21)22-19(24)12-23-11-14-6-4-3-5-13(14)9-17(23)20(25)27-2/h3-8,10,17H,9,11-12H2,1-2H3,(H,22,24)/t17-/m0/s1. The van der Waals surface area contributed by atoms with Crippen molar-refractivity contribution in [1.29, 1.82) is 0 Å². The van der Waals surface area contributed by atoms with Crippen molar-refractivity contribution < 1.29 is 19.1 Å². The van der Waals surface area contributed by atoms with Crippen molar-refractivity contribution in [1.82, 2.24) is 4.90 Å². The highest BCUT2D eigenvalue weighted by atomic mass is 35.5. The number of amides is 1. The van der Waals surface area contributed by atoms with E-state index in [2.05, 4.69) is 5.32 Å². The number of hydrogen-bond acceptors (Lipinski definition) is 5. The Morgan fingerprint density at radius 2 is 1.93 bits per heavy atom. The minimum Gasteiger partial charge on any atom is -0.495 e. The summed E-state index contributed by atoms with van der Waals surface area (Å²) in [7, 11) is 2.89. The second kappa shape index (κ2) is 8.41. The van der Waals surface area contributed by atoms with Gasteiger partial charge in [-0.25, -0.2) is 0 Å². The molecule has 1 atom stereocenters. The van der Waals surface area contributed by atoms with Crippen LogP contribution in [0.1, 0.15) is 11.1 Å².